The molecule has 2 aliphatic rings. The molecular weight excluding hydrogens is 420 g/mol. The quantitative estimate of drug-likeness (QED) is 0.608. The summed E-state index contributed by atoms with van der Waals surface area (Å²) in [5, 5.41) is 3.05. The third-order valence-corrected chi connectivity index (χ3v) is 7.95. The summed E-state index contributed by atoms with van der Waals surface area (Å²) >= 11 is 1.68. The van der Waals surface area contributed by atoms with Crippen LogP contribution in [0.5, 0.6) is 0 Å². The molecule has 168 valence electrons. The summed E-state index contributed by atoms with van der Waals surface area (Å²) < 4.78 is 25.0. The van der Waals surface area contributed by atoms with Gasteiger partial charge in [-0.15, -0.1) is 0 Å². The number of benzene rings is 1. The van der Waals surface area contributed by atoms with Gasteiger partial charge in [0.25, 0.3) is 0 Å². The molecule has 3 rings (SSSR count). The van der Waals surface area contributed by atoms with Crippen molar-refractivity contribution in [1.29, 1.82) is 0 Å². The zero-order chi connectivity index (χ0) is 21.4. The van der Waals surface area contributed by atoms with Gasteiger partial charge in [0.05, 0.1) is 23.4 Å². The second-order valence-electron chi connectivity index (χ2n) is 8.02. The highest BCUT2D eigenvalue weighted by Crippen LogP contribution is 2.27. The Morgan fingerprint density at radius 3 is 2.33 bits per heavy atom. The van der Waals surface area contributed by atoms with Crippen LogP contribution in [0.15, 0.2) is 24.3 Å². The summed E-state index contributed by atoms with van der Waals surface area (Å²) in [6.45, 7) is 5.59. The molecule has 1 aromatic rings. The highest BCUT2D eigenvalue weighted by molar-refractivity contribution is 7.99. The van der Waals surface area contributed by atoms with E-state index in [9.17, 15) is 13.2 Å². The standard InChI is InChI=1S/C21H34N4O3S2/c1-30(27,28)25-14-12-24(13-15-25)20-9-5-4-8-19(20)22-21(26)18-29-17-16-23-10-6-2-3-7-11-23/h4-5,8-9H,2-3,6-7,10-18H2,1H3,(H,22,26). The SMILES string of the molecule is CS(=O)(=O)N1CCN(c2ccccc2NC(=O)CSCCN2CCCCCC2)CC1. The second kappa shape index (κ2) is 11.4. The molecule has 1 amide bonds. The molecule has 2 fully saturated rings. The average molecular weight is 455 g/mol. The number of hydrogen-bond donors (Lipinski definition) is 1. The van der Waals surface area contributed by atoms with Crippen molar-refractivity contribution in [2.24, 2.45) is 0 Å². The summed E-state index contributed by atoms with van der Waals surface area (Å²) in [4.78, 5) is 17.1. The van der Waals surface area contributed by atoms with Crippen LogP contribution in [0.4, 0.5) is 11.4 Å². The number of hydrogen-bond acceptors (Lipinski definition) is 6. The van der Waals surface area contributed by atoms with E-state index >= 15 is 0 Å². The number of anilines is 2. The lowest BCUT2D eigenvalue weighted by atomic mass is 10.2. The van der Waals surface area contributed by atoms with Gasteiger partial charge in [0.1, 0.15) is 0 Å². The maximum Gasteiger partial charge on any atom is 0.234 e. The molecule has 2 heterocycles. The van der Waals surface area contributed by atoms with Crippen LogP contribution >= 0.6 is 11.8 Å². The van der Waals surface area contributed by atoms with E-state index in [2.05, 4.69) is 15.1 Å². The fourth-order valence-electron chi connectivity index (χ4n) is 4.02. The van der Waals surface area contributed by atoms with E-state index < -0.39 is 10.0 Å². The van der Waals surface area contributed by atoms with Crippen LogP contribution in [0, 0.1) is 0 Å². The lowest BCUT2D eigenvalue weighted by Crippen LogP contribution is -2.48. The number of carbonyl (C=O) groups excluding carboxylic acids is 1. The maximum atomic E-state index is 12.5. The molecule has 0 unspecified atom stereocenters. The van der Waals surface area contributed by atoms with Gasteiger partial charge < -0.3 is 15.1 Å². The molecular formula is C21H34N4O3S2. The molecule has 0 atom stereocenters. The Kier molecular flexibility index (Phi) is 8.85. The fraction of sp³-hybridized carbons (Fsp3) is 0.667. The number of para-hydroxylation sites is 2. The van der Waals surface area contributed by atoms with Crippen molar-refractivity contribution in [2.45, 2.75) is 25.7 Å². The first kappa shape index (κ1) is 23.4. The summed E-state index contributed by atoms with van der Waals surface area (Å²) in [7, 11) is -3.15. The Morgan fingerprint density at radius 2 is 1.67 bits per heavy atom. The number of carbonyl (C=O) groups is 1. The van der Waals surface area contributed by atoms with Crippen LogP contribution in [0.1, 0.15) is 25.7 Å². The van der Waals surface area contributed by atoms with E-state index in [-0.39, 0.29) is 5.91 Å². The van der Waals surface area contributed by atoms with Gasteiger partial charge in [0.2, 0.25) is 15.9 Å². The molecule has 2 saturated heterocycles. The van der Waals surface area contributed by atoms with E-state index in [1.54, 1.807) is 11.8 Å². The average Bonchev–Trinajstić information content (AvgIpc) is 3.00. The molecule has 7 nitrogen and oxygen atoms in total. The van der Waals surface area contributed by atoms with Gasteiger partial charge in [0.15, 0.2) is 0 Å². The summed E-state index contributed by atoms with van der Waals surface area (Å²) in [5.74, 6) is 1.44. The molecule has 0 spiro atoms. The van der Waals surface area contributed by atoms with Gasteiger partial charge in [0, 0.05) is 38.5 Å². The second-order valence-corrected chi connectivity index (χ2v) is 11.1. The number of sulfonamides is 1. The van der Waals surface area contributed by atoms with Gasteiger partial charge >= 0.3 is 0 Å². The Balaban J connectivity index is 1.45. The van der Waals surface area contributed by atoms with Gasteiger partial charge in [-0.05, 0) is 38.1 Å². The first-order chi connectivity index (χ1) is 14.4. The van der Waals surface area contributed by atoms with Crippen LogP contribution in [-0.4, -0.2) is 87.1 Å². The molecule has 30 heavy (non-hydrogen) atoms. The smallest absolute Gasteiger partial charge is 0.234 e. The largest absolute Gasteiger partial charge is 0.367 e. The minimum atomic E-state index is -3.15. The zero-order valence-electron chi connectivity index (χ0n) is 17.9. The van der Waals surface area contributed by atoms with Crippen molar-refractivity contribution in [3.8, 4) is 0 Å². The van der Waals surface area contributed by atoms with E-state index in [0.717, 1.165) is 23.7 Å². The van der Waals surface area contributed by atoms with Gasteiger partial charge in [-0.25, -0.2) is 8.42 Å². The first-order valence-electron chi connectivity index (χ1n) is 10.8. The van der Waals surface area contributed by atoms with Crippen LogP contribution in [0.2, 0.25) is 0 Å². The van der Waals surface area contributed by atoms with E-state index in [0.29, 0.717) is 31.9 Å². The number of thioether (sulfide) groups is 1. The minimum absolute atomic E-state index is 0.0121. The molecule has 2 aliphatic heterocycles. The molecule has 0 saturated carbocycles. The van der Waals surface area contributed by atoms with Crippen molar-refractivity contribution in [3.63, 3.8) is 0 Å². The van der Waals surface area contributed by atoms with Crippen LogP contribution < -0.4 is 10.2 Å². The van der Waals surface area contributed by atoms with Gasteiger partial charge in [-0.1, -0.05) is 25.0 Å². The predicted molar refractivity (Wildman–Crippen MR) is 126 cm³/mol. The molecule has 0 aliphatic carbocycles. The first-order valence-corrected chi connectivity index (χ1v) is 13.8. The van der Waals surface area contributed by atoms with Crippen molar-refractivity contribution < 1.29 is 13.2 Å². The lowest BCUT2D eigenvalue weighted by Gasteiger charge is -2.35. The van der Waals surface area contributed by atoms with Crippen LogP contribution in [-0.2, 0) is 14.8 Å². The lowest BCUT2D eigenvalue weighted by molar-refractivity contribution is -0.113. The third kappa shape index (κ3) is 7.14. The van der Waals surface area contributed by atoms with Crippen molar-refractivity contribution >= 4 is 39.1 Å². The topological polar surface area (TPSA) is 73.0 Å². The van der Waals surface area contributed by atoms with E-state index in [1.165, 1.54) is 49.3 Å². The number of amides is 1. The summed E-state index contributed by atoms with van der Waals surface area (Å²) in [6, 6.07) is 7.76. The third-order valence-electron chi connectivity index (χ3n) is 5.71. The summed E-state index contributed by atoms with van der Waals surface area (Å²) in [6.07, 6.45) is 6.52. The minimum Gasteiger partial charge on any atom is -0.367 e. The Hall–Kier alpha value is -1.29. The van der Waals surface area contributed by atoms with Crippen molar-refractivity contribution in [2.75, 3.05) is 73.8 Å². The van der Waals surface area contributed by atoms with Gasteiger partial charge in [-0.3, -0.25) is 4.79 Å². The molecule has 1 aromatic carbocycles. The molecule has 1 N–H and O–H groups in total. The number of nitrogens with one attached hydrogen (secondary N) is 1. The highest BCUT2D eigenvalue weighted by atomic mass is 32.2. The number of likely N-dealkylation sites (tertiary alicyclic amines) is 1. The molecule has 0 aromatic heterocycles. The highest BCUT2D eigenvalue weighted by Gasteiger charge is 2.24. The van der Waals surface area contributed by atoms with Crippen molar-refractivity contribution in [3.05, 3.63) is 24.3 Å². The Labute approximate surface area is 185 Å². The fourth-order valence-corrected chi connectivity index (χ4v) is 5.64. The maximum absolute atomic E-state index is 12.5. The predicted octanol–water partition coefficient (Wildman–Crippen LogP) is 2.32. The molecule has 0 radical (unpaired) electrons. The Bertz CT molecular complexity index is 787. The van der Waals surface area contributed by atoms with Crippen LogP contribution in [0.25, 0.3) is 0 Å². The molecule has 9 heteroatoms. The number of nitrogens with zero attached hydrogens (tertiary/aromatic N) is 3. The van der Waals surface area contributed by atoms with Crippen LogP contribution in [0.3, 0.4) is 0 Å². The van der Waals surface area contributed by atoms with Gasteiger partial charge in [-0.2, -0.15) is 16.1 Å². The number of piperazine rings is 1. The van der Waals surface area contributed by atoms with E-state index in [1.807, 2.05) is 24.3 Å². The molecule has 0 bridgehead atoms. The summed E-state index contributed by atoms with van der Waals surface area (Å²) in [5.41, 5.74) is 1.75. The Morgan fingerprint density at radius 1 is 1.00 bits per heavy atom. The number of rotatable bonds is 8. The van der Waals surface area contributed by atoms with E-state index in [4.69, 9.17) is 0 Å². The zero-order valence-corrected chi connectivity index (χ0v) is 19.5. The monoisotopic (exact) mass is 454 g/mol. The normalized spacial score (nSPS) is 19.4. The van der Waals surface area contributed by atoms with Crippen molar-refractivity contribution in [1.82, 2.24) is 9.21 Å².